The molecule has 0 spiro atoms. The number of aryl methyl sites for hydroxylation is 1. The van der Waals surface area contributed by atoms with Gasteiger partial charge < -0.3 is 5.32 Å². The van der Waals surface area contributed by atoms with Crippen LogP contribution in [0.1, 0.15) is 24.0 Å². The molecule has 102 valence electrons. The van der Waals surface area contributed by atoms with Gasteiger partial charge in [0.1, 0.15) is 0 Å². The van der Waals surface area contributed by atoms with Crippen molar-refractivity contribution in [2.24, 2.45) is 0 Å². The van der Waals surface area contributed by atoms with Crippen LogP contribution in [-0.2, 0) is 10.0 Å². The van der Waals surface area contributed by atoms with E-state index >= 15 is 0 Å². The van der Waals surface area contributed by atoms with Crippen LogP contribution in [0, 0.1) is 18.3 Å². The van der Waals surface area contributed by atoms with Gasteiger partial charge in [-0.05, 0) is 50.1 Å². The zero-order valence-electron chi connectivity index (χ0n) is 10.8. The summed E-state index contributed by atoms with van der Waals surface area (Å²) in [5.74, 6) is 0. The van der Waals surface area contributed by atoms with Crippen LogP contribution < -0.4 is 10.0 Å². The third kappa shape index (κ3) is 3.32. The van der Waals surface area contributed by atoms with Crippen molar-refractivity contribution >= 4 is 10.0 Å². The summed E-state index contributed by atoms with van der Waals surface area (Å²) in [5.41, 5.74) is 1.17. The predicted octanol–water partition coefficient (Wildman–Crippen LogP) is 0.897. The quantitative estimate of drug-likeness (QED) is 0.861. The molecule has 0 saturated carbocycles. The van der Waals surface area contributed by atoms with E-state index in [-0.39, 0.29) is 10.9 Å². The first-order chi connectivity index (χ1) is 9.03. The van der Waals surface area contributed by atoms with Crippen LogP contribution in [0.25, 0.3) is 0 Å². The molecular weight excluding hydrogens is 262 g/mol. The highest BCUT2D eigenvalue weighted by atomic mass is 32.2. The molecule has 0 radical (unpaired) electrons. The summed E-state index contributed by atoms with van der Waals surface area (Å²) in [6.07, 6.45) is 1.82. The van der Waals surface area contributed by atoms with Gasteiger partial charge in [-0.15, -0.1) is 0 Å². The Morgan fingerprint density at radius 1 is 1.47 bits per heavy atom. The molecule has 1 aliphatic rings. The molecule has 1 aliphatic heterocycles. The maximum absolute atomic E-state index is 12.2. The standard InChI is InChI=1S/C13H17N3O2S/c1-10-7-13(5-4-11(10)8-14)19(17,18)16-12-3-2-6-15-9-12/h4-5,7,12,15-16H,2-3,6,9H2,1H3/t12-/m0/s1. The molecule has 1 fully saturated rings. The predicted molar refractivity (Wildman–Crippen MR) is 72.1 cm³/mol. The van der Waals surface area contributed by atoms with Crippen LogP contribution >= 0.6 is 0 Å². The third-order valence-electron chi connectivity index (χ3n) is 3.25. The minimum atomic E-state index is -3.51. The molecule has 1 aromatic rings. The second-order valence-electron chi connectivity index (χ2n) is 4.75. The average molecular weight is 279 g/mol. The Bertz CT molecular complexity index is 599. The first-order valence-electron chi connectivity index (χ1n) is 6.27. The lowest BCUT2D eigenvalue weighted by Crippen LogP contribution is -2.45. The molecule has 19 heavy (non-hydrogen) atoms. The van der Waals surface area contributed by atoms with Gasteiger partial charge in [0.25, 0.3) is 0 Å². The first kappa shape index (κ1) is 14.0. The SMILES string of the molecule is Cc1cc(S(=O)(=O)N[C@H]2CCCNC2)ccc1C#N. The fourth-order valence-corrected chi connectivity index (χ4v) is 3.52. The third-order valence-corrected chi connectivity index (χ3v) is 4.77. The van der Waals surface area contributed by atoms with Crippen molar-refractivity contribution in [2.45, 2.75) is 30.7 Å². The summed E-state index contributed by atoms with van der Waals surface area (Å²) in [4.78, 5) is 0.217. The van der Waals surface area contributed by atoms with Gasteiger partial charge >= 0.3 is 0 Å². The molecule has 1 atom stereocenters. The van der Waals surface area contributed by atoms with E-state index in [0.717, 1.165) is 19.4 Å². The van der Waals surface area contributed by atoms with Crippen LogP contribution in [0.4, 0.5) is 0 Å². The fourth-order valence-electron chi connectivity index (χ4n) is 2.17. The molecule has 1 aromatic carbocycles. The van der Waals surface area contributed by atoms with Crippen molar-refractivity contribution in [1.82, 2.24) is 10.0 Å². The van der Waals surface area contributed by atoms with Crippen LogP contribution in [0.5, 0.6) is 0 Å². The molecule has 2 N–H and O–H groups in total. The molecule has 6 heteroatoms. The Morgan fingerprint density at radius 2 is 2.26 bits per heavy atom. The van der Waals surface area contributed by atoms with Crippen molar-refractivity contribution in [2.75, 3.05) is 13.1 Å². The van der Waals surface area contributed by atoms with E-state index in [1.165, 1.54) is 12.1 Å². The van der Waals surface area contributed by atoms with E-state index < -0.39 is 10.0 Å². The molecule has 0 aliphatic carbocycles. The summed E-state index contributed by atoms with van der Waals surface area (Å²) in [6, 6.07) is 6.53. The number of rotatable bonds is 3. The molecule has 5 nitrogen and oxygen atoms in total. The molecule has 2 rings (SSSR count). The molecule has 0 bridgehead atoms. The van der Waals surface area contributed by atoms with Gasteiger partial charge in [-0.2, -0.15) is 5.26 Å². The molecule has 0 amide bonds. The van der Waals surface area contributed by atoms with Gasteiger partial charge in [-0.25, -0.2) is 13.1 Å². The van der Waals surface area contributed by atoms with Crippen LogP contribution in [0.15, 0.2) is 23.1 Å². The summed E-state index contributed by atoms with van der Waals surface area (Å²) >= 11 is 0. The van der Waals surface area contributed by atoms with E-state index in [1.807, 2.05) is 6.07 Å². The number of hydrogen-bond acceptors (Lipinski definition) is 4. The summed E-state index contributed by atoms with van der Waals surface area (Å²) in [5, 5.41) is 12.0. The fraction of sp³-hybridized carbons (Fsp3) is 0.462. The zero-order valence-corrected chi connectivity index (χ0v) is 11.6. The lowest BCUT2D eigenvalue weighted by atomic mass is 10.1. The van der Waals surface area contributed by atoms with Crippen molar-refractivity contribution in [3.8, 4) is 6.07 Å². The Hall–Kier alpha value is -1.42. The highest BCUT2D eigenvalue weighted by Crippen LogP contribution is 2.16. The number of nitriles is 1. The van der Waals surface area contributed by atoms with Gasteiger partial charge in [-0.3, -0.25) is 0 Å². The molecule has 0 aromatic heterocycles. The summed E-state index contributed by atoms with van der Waals surface area (Å²) < 4.78 is 27.2. The van der Waals surface area contributed by atoms with E-state index in [4.69, 9.17) is 5.26 Å². The first-order valence-corrected chi connectivity index (χ1v) is 7.75. The largest absolute Gasteiger partial charge is 0.315 e. The second-order valence-corrected chi connectivity index (χ2v) is 6.47. The molecular formula is C13H17N3O2S. The highest BCUT2D eigenvalue weighted by molar-refractivity contribution is 7.89. The van der Waals surface area contributed by atoms with E-state index in [9.17, 15) is 8.42 Å². The molecule has 0 unspecified atom stereocenters. The minimum absolute atomic E-state index is 0.0605. The van der Waals surface area contributed by atoms with E-state index in [0.29, 0.717) is 17.7 Å². The van der Waals surface area contributed by atoms with Gasteiger partial charge in [0.05, 0.1) is 16.5 Å². The maximum Gasteiger partial charge on any atom is 0.240 e. The van der Waals surface area contributed by atoms with Crippen molar-refractivity contribution in [3.63, 3.8) is 0 Å². The summed E-state index contributed by atoms with van der Waals surface area (Å²) in [7, 11) is -3.51. The number of benzene rings is 1. The summed E-state index contributed by atoms with van der Waals surface area (Å²) in [6.45, 7) is 3.34. The normalized spacial score (nSPS) is 19.9. The molecule has 1 heterocycles. The average Bonchev–Trinajstić information content (AvgIpc) is 2.39. The number of nitrogens with zero attached hydrogens (tertiary/aromatic N) is 1. The van der Waals surface area contributed by atoms with Crippen molar-refractivity contribution < 1.29 is 8.42 Å². The van der Waals surface area contributed by atoms with Crippen LogP contribution in [0.2, 0.25) is 0 Å². The second kappa shape index (κ2) is 5.70. The zero-order chi connectivity index (χ0) is 13.9. The Labute approximate surface area is 113 Å². The maximum atomic E-state index is 12.2. The van der Waals surface area contributed by atoms with Gasteiger partial charge in [-0.1, -0.05) is 0 Å². The topological polar surface area (TPSA) is 82.0 Å². The van der Waals surface area contributed by atoms with Gasteiger partial charge in [0.15, 0.2) is 0 Å². The smallest absolute Gasteiger partial charge is 0.240 e. The van der Waals surface area contributed by atoms with Crippen LogP contribution in [0.3, 0.4) is 0 Å². The van der Waals surface area contributed by atoms with E-state index in [2.05, 4.69) is 10.0 Å². The van der Waals surface area contributed by atoms with E-state index in [1.54, 1.807) is 13.0 Å². The van der Waals surface area contributed by atoms with Gasteiger partial charge in [0.2, 0.25) is 10.0 Å². The molecule has 1 saturated heterocycles. The number of piperidine rings is 1. The lowest BCUT2D eigenvalue weighted by molar-refractivity contribution is 0.428. The van der Waals surface area contributed by atoms with Gasteiger partial charge in [0, 0.05) is 12.6 Å². The lowest BCUT2D eigenvalue weighted by Gasteiger charge is -2.23. The van der Waals surface area contributed by atoms with Crippen molar-refractivity contribution in [1.29, 1.82) is 5.26 Å². The number of sulfonamides is 1. The Kier molecular flexibility index (Phi) is 4.20. The van der Waals surface area contributed by atoms with Crippen molar-refractivity contribution in [3.05, 3.63) is 29.3 Å². The Balaban J connectivity index is 2.19. The van der Waals surface area contributed by atoms with Crippen LogP contribution in [-0.4, -0.2) is 27.5 Å². The highest BCUT2D eigenvalue weighted by Gasteiger charge is 2.21. The Morgan fingerprint density at radius 3 is 2.84 bits per heavy atom. The monoisotopic (exact) mass is 279 g/mol. The number of hydrogen-bond donors (Lipinski definition) is 2. The minimum Gasteiger partial charge on any atom is -0.315 e. The number of nitrogens with one attached hydrogen (secondary N) is 2.